The van der Waals surface area contributed by atoms with E-state index in [-0.39, 0.29) is 42.5 Å². The summed E-state index contributed by atoms with van der Waals surface area (Å²) in [5.74, 6) is -2.98. The van der Waals surface area contributed by atoms with Gasteiger partial charge in [0.1, 0.15) is 11.6 Å². The van der Waals surface area contributed by atoms with Crippen LogP contribution in [0.5, 0.6) is 11.5 Å². The second kappa shape index (κ2) is 9.86. The molecule has 3 aromatic carbocycles. The van der Waals surface area contributed by atoms with E-state index in [1.807, 2.05) is 0 Å². The SMILES string of the molecule is O=C(Nc1ccccc1Oc1cccc(F)c1)C1CCN(S(=O)(=O)c2ccc(F)c(F)c2)CC1. The molecular weight excluding hydrogens is 469 g/mol. The highest BCUT2D eigenvalue weighted by molar-refractivity contribution is 7.89. The first-order valence-electron chi connectivity index (χ1n) is 10.5. The topological polar surface area (TPSA) is 75.7 Å². The number of nitrogens with one attached hydrogen (secondary N) is 1. The molecule has 3 aromatic rings. The van der Waals surface area contributed by atoms with Gasteiger partial charge in [-0.25, -0.2) is 21.6 Å². The molecule has 0 spiro atoms. The molecule has 6 nitrogen and oxygen atoms in total. The van der Waals surface area contributed by atoms with Crippen molar-refractivity contribution < 1.29 is 31.1 Å². The summed E-state index contributed by atoms with van der Waals surface area (Å²) >= 11 is 0. The van der Waals surface area contributed by atoms with Crippen LogP contribution in [-0.4, -0.2) is 31.7 Å². The number of hydrogen-bond donors (Lipinski definition) is 1. The highest BCUT2D eigenvalue weighted by Crippen LogP contribution is 2.31. The minimum Gasteiger partial charge on any atom is -0.455 e. The van der Waals surface area contributed by atoms with Crippen molar-refractivity contribution in [2.75, 3.05) is 18.4 Å². The molecule has 0 saturated carbocycles. The Hall–Kier alpha value is -3.37. The van der Waals surface area contributed by atoms with Gasteiger partial charge >= 0.3 is 0 Å². The number of carbonyl (C=O) groups is 1. The lowest BCUT2D eigenvalue weighted by Crippen LogP contribution is -2.41. The van der Waals surface area contributed by atoms with Crippen LogP contribution in [0.3, 0.4) is 0 Å². The standard InChI is InChI=1S/C24H21F3N2O4S/c25-17-4-3-5-18(14-17)33-23-7-2-1-6-22(23)28-24(30)16-10-12-29(13-11-16)34(31,32)19-8-9-20(26)21(27)15-19/h1-9,14-16H,10-13H2,(H,28,30). The maximum absolute atomic E-state index is 13.5. The first-order chi connectivity index (χ1) is 16.2. The summed E-state index contributed by atoms with van der Waals surface area (Å²) in [7, 11) is -4.01. The molecule has 178 valence electrons. The fraction of sp³-hybridized carbons (Fsp3) is 0.208. The number of nitrogens with zero attached hydrogens (tertiary/aromatic N) is 1. The average Bonchev–Trinajstić information content (AvgIpc) is 2.82. The van der Waals surface area contributed by atoms with E-state index in [9.17, 15) is 26.4 Å². The first-order valence-corrected chi connectivity index (χ1v) is 12.0. The van der Waals surface area contributed by atoms with E-state index < -0.39 is 33.4 Å². The molecule has 34 heavy (non-hydrogen) atoms. The lowest BCUT2D eigenvalue weighted by atomic mass is 9.97. The Morgan fingerprint density at radius 1 is 0.912 bits per heavy atom. The lowest BCUT2D eigenvalue weighted by molar-refractivity contribution is -0.120. The van der Waals surface area contributed by atoms with Crippen LogP contribution in [0.25, 0.3) is 0 Å². The van der Waals surface area contributed by atoms with E-state index in [4.69, 9.17) is 4.74 Å². The van der Waals surface area contributed by atoms with E-state index in [0.29, 0.717) is 17.5 Å². The van der Waals surface area contributed by atoms with Gasteiger partial charge in [-0.1, -0.05) is 18.2 Å². The lowest BCUT2D eigenvalue weighted by Gasteiger charge is -2.30. The van der Waals surface area contributed by atoms with E-state index >= 15 is 0 Å². The quantitative estimate of drug-likeness (QED) is 0.531. The van der Waals surface area contributed by atoms with Crippen molar-refractivity contribution in [2.45, 2.75) is 17.7 Å². The van der Waals surface area contributed by atoms with Crippen LogP contribution in [0.2, 0.25) is 0 Å². The number of sulfonamides is 1. The number of piperidine rings is 1. The van der Waals surface area contributed by atoms with Crippen molar-refractivity contribution in [3.8, 4) is 11.5 Å². The van der Waals surface area contributed by atoms with Crippen LogP contribution in [0, 0.1) is 23.4 Å². The Balaban J connectivity index is 1.40. The molecule has 1 saturated heterocycles. The molecule has 4 rings (SSSR count). The van der Waals surface area contributed by atoms with Crippen LogP contribution in [0.15, 0.2) is 71.6 Å². The molecule has 1 amide bonds. The number of anilines is 1. The highest BCUT2D eigenvalue weighted by atomic mass is 32.2. The first kappa shape index (κ1) is 23.8. The van der Waals surface area contributed by atoms with Gasteiger partial charge in [0, 0.05) is 25.1 Å². The van der Waals surface area contributed by atoms with Crippen molar-refractivity contribution in [1.29, 1.82) is 0 Å². The van der Waals surface area contributed by atoms with E-state index in [1.54, 1.807) is 30.3 Å². The zero-order valence-corrected chi connectivity index (χ0v) is 18.7. The number of hydrogen-bond acceptors (Lipinski definition) is 4. The van der Waals surface area contributed by atoms with Crippen LogP contribution >= 0.6 is 0 Å². The Bertz CT molecular complexity index is 1310. The van der Waals surface area contributed by atoms with Gasteiger partial charge in [0.25, 0.3) is 0 Å². The third kappa shape index (κ3) is 5.23. The second-order valence-electron chi connectivity index (χ2n) is 7.80. The Morgan fingerprint density at radius 2 is 1.65 bits per heavy atom. The molecule has 0 aromatic heterocycles. The predicted molar refractivity (Wildman–Crippen MR) is 119 cm³/mol. The van der Waals surface area contributed by atoms with E-state index in [0.717, 1.165) is 16.4 Å². The molecule has 1 aliphatic heterocycles. The third-order valence-corrected chi connectivity index (χ3v) is 7.42. The molecule has 1 aliphatic rings. The van der Waals surface area contributed by atoms with Crippen LogP contribution in [0.1, 0.15) is 12.8 Å². The largest absolute Gasteiger partial charge is 0.455 e. The van der Waals surface area contributed by atoms with Crippen LogP contribution in [0.4, 0.5) is 18.9 Å². The maximum atomic E-state index is 13.5. The van der Waals surface area contributed by atoms with Crippen molar-refractivity contribution >= 4 is 21.6 Å². The fourth-order valence-corrected chi connectivity index (χ4v) is 5.18. The summed E-state index contributed by atoms with van der Waals surface area (Å²) in [6.45, 7) is 0.113. The maximum Gasteiger partial charge on any atom is 0.243 e. The van der Waals surface area contributed by atoms with Crippen molar-refractivity contribution in [1.82, 2.24) is 4.31 Å². The van der Waals surface area contributed by atoms with Gasteiger partial charge in [-0.15, -0.1) is 0 Å². The molecule has 1 heterocycles. The molecule has 0 unspecified atom stereocenters. The third-order valence-electron chi connectivity index (χ3n) is 5.52. The minimum atomic E-state index is -4.01. The highest BCUT2D eigenvalue weighted by Gasteiger charge is 2.32. The zero-order chi connectivity index (χ0) is 24.3. The molecule has 10 heteroatoms. The van der Waals surface area contributed by atoms with E-state index in [2.05, 4.69) is 5.32 Å². The Labute approximate surface area is 195 Å². The number of rotatable bonds is 6. The van der Waals surface area contributed by atoms with Gasteiger partial charge in [0.2, 0.25) is 15.9 Å². The molecule has 1 fully saturated rings. The normalized spacial score (nSPS) is 15.1. The molecule has 0 aliphatic carbocycles. The molecular formula is C24H21F3N2O4S. The summed E-state index contributed by atoms with van der Waals surface area (Å²) in [4.78, 5) is 12.5. The summed E-state index contributed by atoms with van der Waals surface area (Å²) in [6, 6.07) is 14.8. The van der Waals surface area contributed by atoms with Crippen molar-refractivity contribution in [2.24, 2.45) is 5.92 Å². The molecule has 0 radical (unpaired) electrons. The second-order valence-corrected chi connectivity index (χ2v) is 9.74. The number of ether oxygens (including phenoxy) is 1. The van der Waals surface area contributed by atoms with Crippen LogP contribution < -0.4 is 10.1 Å². The monoisotopic (exact) mass is 490 g/mol. The van der Waals surface area contributed by atoms with Gasteiger partial charge in [0.05, 0.1) is 10.6 Å². The van der Waals surface area contributed by atoms with Crippen LogP contribution in [-0.2, 0) is 14.8 Å². The van der Waals surface area contributed by atoms with Crippen molar-refractivity contribution in [3.63, 3.8) is 0 Å². The molecule has 0 atom stereocenters. The smallest absolute Gasteiger partial charge is 0.243 e. The summed E-state index contributed by atoms with van der Waals surface area (Å²) in [5.41, 5.74) is 0.397. The van der Waals surface area contributed by atoms with Crippen molar-refractivity contribution in [3.05, 3.63) is 84.2 Å². The number of amides is 1. The summed E-state index contributed by atoms with van der Waals surface area (Å²) in [6.07, 6.45) is 0.503. The van der Waals surface area contributed by atoms with E-state index in [1.165, 1.54) is 18.2 Å². The fourth-order valence-electron chi connectivity index (χ4n) is 3.70. The molecule has 1 N–H and O–H groups in total. The number of benzene rings is 3. The van der Waals surface area contributed by atoms with Gasteiger partial charge in [0.15, 0.2) is 17.4 Å². The predicted octanol–water partition coefficient (Wildman–Crippen LogP) is 4.94. The van der Waals surface area contributed by atoms with Gasteiger partial charge in [-0.3, -0.25) is 4.79 Å². The van der Waals surface area contributed by atoms with Gasteiger partial charge < -0.3 is 10.1 Å². The Morgan fingerprint density at radius 3 is 2.35 bits per heavy atom. The van der Waals surface area contributed by atoms with Gasteiger partial charge in [-0.05, 0) is 55.3 Å². The molecule has 0 bridgehead atoms. The minimum absolute atomic E-state index is 0.0564. The summed E-state index contributed by atoms with van der Waals surface area (Å²) in [5, 5.41) is 2.80. The number of para-hydroxylation sites is 2. The Kier molecular flexibility index (Phi) is 6.90. The average molecular weight is 491 g/mol. The summed E-state index contributed by atoms with van der Waals surface area (Å²) < 4.78 is 72.5. The number of halogens is 3. The number of carbonyl (C=O) groups excluding carboxylic acids is 1. The van der Waals surface area contributed by atoms with Gasteiger partial charge in [-0.2, -0.15) is 4.31 Å². The zero-order valence-electron chi connectivity index (χ0n) is 17.9.